The van der Waals surface area contributed by atoms with E-state index in [1.165, 1.54) is 26.0 Å². The number of nitro benzene ring substituents is 1. The fourth-order valence-corrected chi connectivity index (χ4v) is 2.20. The van der Waals surface area contributed by atoms with Crippen molar-refractivity contribution in [3.05, 3.63) is 28.3 Å². The lowest BCUT2D eigenvalue weighted by molar-refractivity contribution is -0.386. The van der Waals surface area contributed by atoms with E-state index >= 15 is 0 Å². The Morgan fingerprint density at radius 3 is 2.46 bits per heavy atom. The molecule has 2 amide bonds. The highest BCUT2D eigenvalue weighted by molar-refractivity contribution is 6.05. The van der Waals surface area contributed by atoms with E-state index in [9.17, 15) is 29.6 Å². The number of imide groups is 1. The van der Waals surface area contributed by atoms with E-state index in [1.807, 2.05) is 0 Å². The zero-order valence-corrected chi connectivity index (χ0v) is 13.1. The normalized spacial score (nSPS) is 14.8. The van der Waals surface area contributed by atoms with Crippen LogP contribution in [0.3, 0.4) is 0 Å². The lowest BCUT2D eigenvalue weighted by Gasteiger charge is -2.26. The summed E-state index contributed by atoms with van der Waals surface area (Å²) in [5, 5.41) is 20.4. The molecule has 9 nitrogen and oxygen atoms in total. The highest BCUT2D eigenvalue weighted by Gasteiger charge is 2.38. The molecule has 1 aromatic carbocycles. The van der Waals surface area contributed by atoms with Gasteiger partial charge in [0.15, 0.2) is 17.1 Å². The van der Waals surface area contributed by atoms with Crippen molar-refractivity contribution in [3.63, 3.8) is 0 Å². The number of benzene rings is 1. The van der Waals surface area contributed by atoms with Crippen molar-refractivity contribution < 1.29 is 29.2 Å². The molecule has 0 unspecified atom stereocenters. The number of amides is 2. The SMILES string of the molecule is CC(C)(Oc1ccc(O)cc1[N+](=O)[O-])C(=O)CN1C(=O)CCC1=O. The molecule has 0 saturated carbocycles. The first-order valence-corrected chi connectivity index (χ1v) is 7.15. The van der Waals surface area contributed by atoms with Crippen LogP contribution >= 0.6 is 0 Å². The molecule has 1 aromatic rings. The van der Waals surface area contributed by atoms with Crippen LogP contribution < -0.4 is 4.74 Å². The summed E-state index contributed by atoms with van der Waals surface area (Å²) in [6.45, 7) is 2.32. The van der Waals surface area contributed by atoms with Gasteiger partial charge in [-0.05, 0) is 26.0 Å². The van der Waals surface area contributed by atoms with Crippen LogP contribution in [0.15, 0.2) is 18.2 Å². The van der Waals surface area contributed by atoms with Gasteiger partial charge >= 0.3 is 5.69 Å². The lowest BCUT2D eigenvalue weighted by atomic mass is 10.0. The molecule has 128 valence electrons. The second-order valence-electron chi connectivity index (χ2n) is 5.82. The number of phenolic OH excluding ortho intramolecular Hbond substituents is 1. The molecule has 24 heavy (non-hydrogen) atoms. The zero-order chi connectivity index (χ0) is 18.1. The molecular formula is C15H16N2O7. The average Bonchev–Trinajstić information content (AvgIpc) is 2.80. The third-order valence-electron chi connectivity index (χ3n) is 3.63. The predicted octanol–water partition coefficient (Wildman–Crippen LogP) is 1.18. The first kappa shape index (κ1) is 17.4. The number of aromatic hydroxyl groups is 1. The second kappa shape index (κ2) is 6.26. The molecule has 0 aromatic heterocycles. The van der Waals surface area contributed by atoms with E-state index < -0.39 is 40.4 Å². The van der Waals surface area contributed by atoms with Gasteiger partial charge in [-0.2, -0.15) is 0 Å². The molecule has 0 aliphatic carbocycles. The van der Waals surface area contributed by atoms with Gasteiger partial charge in [-0.25, -0.2) is 0 Å². The number of hydrogen-bond donors (Lipinski definition) is 1. The summed E-state index contributed by atoms with van der Waals surface area (Å²) in [5.41, 5.74) is -2.01. The minimum absolute atomic E-state index is 0.0663. The maximum atomic E-state index is 12.4. The highest BCUT2D eigenvalue weighted by Crippen LogP contribution is 2.33. The molecule has 1 heterocycles. The Morgan fingerprint density at radius 1 is 1.33 bits per heavy atom. The third kappa shape index (κ3) is 3.50. The van der Waals surface area contributed by atoms with Gasteiger partial charge in [0.25, 0.3) is 0 Å². The van der Waals surface area contributed by atoms with Crippen molar-refractivity contribution in [3.8, 4) is 11.5 Å². The number of ether oxygens (including phenoxy) is 1. The Morgan fingerprint density at radius 2 is 1.92 bits per heavy atom. The van der Waals surface area contributed by atoms with Crippen molar-refractivity contribution in [1.29, 1.82) is 0 Å². The number of rotatable bonds is 6. The Labute approximate surface area is 137 Å². The van der Waals surface area contributed by atoms with Crippen LogP contribution in [0.4, 0.5) is 5.69 Å². The number of nitro groups is 1. The number of hydrogen-bond acceptors (Lipinski definition) is 7. The summed E-state index contributed by atoms with van der Waals surface area (Å²) in [4.78, 5) is 46.7. The summed E-state index contributed by atoms with van der Waals surface area (Å²) >= 11 is 0. The van der Waals surface area contributed by atoms with Gasteiger partial charge in [0.2, 0.25) is 11.8 Å². The number of carbonyl (C=O) groups excluding carboxylic acids is 3. The molecule has 1 N–H and O–H groups in total. The van der Waals surface area contributed by atoms with Crippen LogP contribution in [0.2, 0.25) is 0 Å². The highest BCUT2D eigenvalue weighted by atomic mass is 16.6. The van der Waals surface area contributed by atoms with E-state index in [2.05, 4.69) is 0 Å². The number of ketones is 1. The van der Waals surface area contributed by atoms with Crippen LogP contribution in [0.5, 0.6) is 11.5 Å². The second-order valence-corrected chi connectivity index (χ2v) is 5.82. The topological polar surface area (TPSA) is 127 Å². The largest absolute Gasteiger partial charge is 0.508 e. The van der Waals surface area contributed by atoms with E-state index in [1.54, 1.807) is 0 Å². The van der Waals surface area contributed by atoms with Crippen molar-refractivity contribution in [2.45, 2.75) is 32.3 Å². The quantitative estimate of drug-likeness (QED) is 0.469. The van der Waals surface area contributed by atoms with E-state index in [-0.39, 0.29) is 24.3 Å². The van der Waals surface area contributed by atoms with Crippen LogP contribution in [-0.4, -0.2) is 44.7 Å². The Hall–Kier alpha value is -2.97. The van der Waals surface area contributed by atoms with Crippen molar-refractivity contribution in [1.82, 2.24) is 4.90 Å². The molecule has 0 bridgehead atoms. The Balaban J connectivity index is 2.19. The van der Waals surface area contributed by atoms with E-state index in [0.717, 1.165) is 11.0 Å². The monoisotopic (exact) mass is 336 g/mol. The predicted molar refractivity (Wildman–Crippen MR) is 80.4 cm³/mol. The molecule has 2 rings (SSSR count). The molecule has 0 spiro atoms. The molecule has 0 radical (unpaired) electrons. The van der Waals surface area contributed by atoms with Crippen molar-refractivity contribution in [2.24, 2.45) is 0 Å². The molecule has 9 heteroatoms. The number of carbonyl (C=O) groups is 3. The number of Topliss-reactive ketones (excluding diaryl/α,β-unsaturated/α-hetero) is 1. The summed E-state index contributed by atoms with van der Waals surface area (Å²) in [6, 6.07) is 3.27. The van der Waals surface area contributed by atoms with Gasteiger partial charge in [0, 0.05) is 12.8 Å². The summed E-state index contributed by atoms with van der Waals surface area (Å²) < 4.78 is 5.44. The molecular weight excluding hydrogens is 320 g/mol. The first-order chi connectivity index (χ1) is 11.1. The van der Waals surface area contributed by atoms with Crippen LogP contribution in [0.25, 0.3) is 0 Å². The fourth-order valence-electron chi connectivity index (χ4n) is 2.20. The summed E-state index contributed by atoms with van der Waals surface area (Å²) in [5.74, 6) is -1.95. The summed E-state index contributed by atoms with van der Waals surface area (Å²) in [7, 11) is 0. The van der Waals surface area contributed by atoms with Crippen LogP contribution in [-0.2, 0) is 14.4 Å². The first-order valence-electron chi connectivity index (χ1n) is 7.15. The van der Waals surface area contributed by atoms with Crippen molar-refractivity contribution in [2.75, 3.05) is 6.54 Å². The Kier molecular flexibility index (Phi) is 4.54. The van der Waals surface area contributed by atoms with Gasteiger partial charge < -0.3 is 9.84 Å². The maximum Gasteiger partial charge on any atom is 0.314 e. The average molecular weight is 336 g/mol. The number of nitrogens with zero attached hydrogens (tertiary/aromatic N) is 2. The minimum atomic E-state index is -1.51. The Bertz CT molecular complexity index is 711. The smallest absolute Gasteiger partial charge is 0.314 e. The van der Waals surface area contributed by atoms with Gasteiger partial charge in [0.1, 0.15) is 5.75 Å². The number of phenols is 1. The maximum absolute atomic E-state index is 12.4. The van der Waals surface area contributed by atoms with Gasteiger partial charge in [-0.3, -0.25) is 29.4 Å². The van der Waals surface area contributed by atoms with Crippen LogP contribution in [0.1, 0.15) is 26.7 Å². The van der Waals surface area contributed by atoms with Crippen molar-refractivity contribution >= 4 is 23.3 Å². The summed E-state index contributed by atoms with van der Waals surface area (Å²) in [6.07, 6.45) is 0.133. The lowest BCUT2D eigenvalue weighted by Crippen LogP contribution is -2.46. The number of likely N-dealkylation sites (tertiary alicyclic amines) is 1. The zero-order valence-electron chi connectivity index (χ0n) is 13.1. The molecule has 1 aliphatic rings. The molecule has 1 aliphatic heterocycles. The molecule has 0 atom stereocenters. The van der Waals surface area contributed by atoms with E-state index in [4.69, 9.17) is 4.74 Å². The standard InChI is InChI=1S/C15H16N2O7/c1-15(2,12(19)8-16-13(20)5-6-14(16)21)24-11-4-3-9(18)7-10(11)17(22)23/h3-4,7,18H,5-6,8H2,1-2H3. The van der Waals surface area contributed by atoms with Crippen LogP contribution in [0, 0.1) is 10.1 Å². The fraction of sp³-hybridized carbons (Fsp3) is 0.400. The van der Waals surface area contributed by atoms with Gasteiger partial charge in [-0.15, -0.1) is 0 Å². The molecule has 1 fully saturated rings. The van der Waals surface area contributed by atoms with Gasteiger partial charge in [-0.1, -0.05) is 0 Å². The third-order valence-corrected chi connectivity index (χ3v) is 3.63. The van der Waals surface area contributed by atoms with E-state index in [0.29, 0.717) is 0 Å². The van der Waals surface area contributed by atoms with Gasteiger partial charge in [0.05, 0.1) is 17.5 Å². The molecule has 1 saturated heterocycles. The minimum Gasteiger partial charge on any atom is -0.508 e.